The highest BCUT2D eigenvalue weighted by molar-refractivity contribution is 7.89. The van der Waals surface area contributed by atoms with E-state index >= 15 is 0 Å². The van der Waals surface area contributed by atoms with Crippen LogP contribution in [0.3, 0.4) is 0 Å². The van der Waals surface area contributed by atoms with Crippen molar-refractivity contribution in [3.05, 3.63) is 33.9 Å². The predicted molar refractivity (Wildman–Crippen MR) is 81.1 cm³/mol. The first-order chi connectivity index (χ1) is 11.0. The molecule has 10 nitrogen and oxygen atoms in total. The number of ether oxygens (including phenoxy) is 1. The average molecular weight is 360 g/mol. The number of methoxy groups -OCH3 is 1. The van der Waals surface area contributed by atoms with Crippen LogP contribution in [0.25, 0.3) is 0 Å². The molecule has 1 aromatic carbocycles. The van der Waals surface area contributed by atoms with Crippen molar-refractivity contribution in [2.75, 3.05) is 13.7 Å². The Morgan fingerprint density at radius 1 is 1.38 bits per heavy atom. The van der Waals surface area contributed by atoms with Gasteiger partial charge in [-0.25, -0.2) is 13.2 Å². The number of carboxylic acids is 1. The van der Waals surface area contributed by atoms with Crippen LogP contribution in [0.1, 0.15) is 24.2 Å². The van der Waals surface area contributed by atoms with Crippen molar-refractivity contribution in [2.45, 2.75) is 24.8 Å². The predicted octanol–water partition coefficient (Wildman–Crippen LogP) is 0.865. The van der Waals surface area contributed by atoms with Gasteiger partial charge in [0.25, 0.3) is 5.69 Å². The Morgan fingerprint density at radius 2 is 1.96 bits per heavy atom. The Labute approximate surface area is 137 Å². The molecule has 132 valence electrons. The van der Waals surface area contributed by atoms with E-state index in [1.807, 2.05) is 0 Å². The lowest BCUT2D eigenvalue weighted by Gasteiger charge is -2.24. The van der Waals surface area contributed by atoms with Gasteiger partial charge in [0.15, 0.2) is 0 Å². The van der Waals surface area contributed by atoms with Gasteiger partial charge in [-0.15, -0.1) is 0 Å². The van der Waals surface area contributed by atoms with Gasteiger partial charge in [-0.3, -0.25) is 14.9 Å². The summed E-state index contributed by atoms with van der Waals surface area (Å²) in [5, 5.41) is 19.7. The number of sulfonamides is 1. The van der Waals surface area contributed by atoms with Crippen LogP contribution in [-0.2, 0) is 19.6 Å². The van der Waals surface area contributed by atoms with Crippen molar-refractivity contribution in [1.82, 2.24) is 4.31 Å². The molecule has 0 atom stereocenters. The third-order valence-corrected chi connectivity index (χ3v) is 5.11. The fourth-order valence-corrected chi connectivity index (χ4v) is 3.68. The van der Waals surface area contributed by atoms with E-state index in [2.05, 4.69) is 4.74 Å². The number of nitrogens with zero attached hydrogens (tertiary/aromatic N) is 2. The Morgan fingerprint density at radius 3 is 2.38 bits per heavy atom. The van der Waals surface area contributed by atoms with E-state index in [9.17, 15) is 28.1 Å². The number of carbonyl (C=O) groups excluding carboxylic acids is 1. The van der Waals surface area contributed by atoms with Gasteiger partial charge in [-0.2, -0.15) is 4.31 Å². The summed E-state index contributed by atoms with van der Waals surface area (Å²) in [7, 11) is -3.40. The van der Waals surface area contributed by atoms with E-state index in [1.54, 1.807) is 0 Å². The van der Waals surface area contributed by atoms with Crippen molar-refractivity contribution < 1.29 is 32.8 Å². The topological polar surface area (TPSA) is 144 Å². The van der Waals surface area contributed by atoms with E-state index in [0.29, 0.717) is 4.31 Å². The van der Waals surface area contributed by atoms with Gasteiger partial charge in [-0.1, -0.05) is 0 Å². The zero-order valence-electron chi connectivity index (χ0n) is 13.1. The molecule has 1 rings (SSSR count). The maximum absolute atomic E-state index is 12.7. The summed E-state index contributed by atoms with van der Waals surface area (Å²) >= 11 is 0. The van der Waals surface area contributed by atoms with Crippen molar-refractivity contribution in [3.63, 3.8) is 0 Å². The van der Waals surface area contributed by atoms with Crippen LogP contribution in [0.2, 0.25) is 0 Å². The standard InChI is InChI=1S/C13H16N2O8S/c1-8(2)14(7-12(16)17)24(21,22)11-5-4-9(15(19)20)6-10(11)13(18)23-3/h4-6,8H,7H2,1-3H3,(H,16,17). The minimum absolute atomic E-state index is 0.497. The van der Waals surface area contributed by atoms with Crippen LogP contribution in [0.4, 0.5) is 5.69 Å². The molecule has 0 aliphatic rings. The molecule has 1 aromatic rings. The van der Waals surface area contributed by atoms with Gasteiger partial charge >= 0.3 is 11.9 Å². The van der Waals surface area contributed by atoms with E-state index in [0.717, 1.165) is 25.3 Å². The van der Waals surface area contributed by atoms with Crippen molar-refractivity contribution in [1.29, 1.82) is 0 Å². The van der Waals surface area contributed by atoms with E-state index < -0.39 is 55.6 Å². The first kappa shape index (κ1) is 19.5. The average Bonchev–Trinajstić information content (AvgIpc) is 2.50. The first-order valence-corrected chi connectivity index (χ1v) is 8.06. The molecule has 0 heterocycles. The molecule has 24 heavy (non-hydrogen) atoms. The molecule has 1 N–H and O–H groups in total. The van der Waals surface area contributed by atoms with Crippen LogP contribution < -0.4 is 0 Å². The van der Waals surface area contributed by atoms with Crippen molar-refractivity contribution in [2.24, 2.45) is 0 Å². The first-order valence-electron chi connectivity index (χ1n) is 6.62. The molecule has 0 saturated carbocycles. The normalized spacial score (nSPS) is 11.5. The molecule has 0 aliphatic carbocycles. The summed E-state index contributed by atoms with van der Waals surface area (Å²) in [6.07, 6.45) is 0. The van der Waals surface area contributed by atoms with Crippen molar-refractivity contribution in [3.8, 4) is 0 Å². The quantitative estimate of drug-likeness (QED) is 0.428. The number of rotatable bonds is 7. The fourth-order valence-electron chi connectivity index (χ4n) is 1.93. The van der Waals surface area contributed by atoms with Crippen LogP contribution >= 0.6 is 0 Å². The van der Waals surface area contributed by atoms with Crippen LogP contribution in [0, 0.1) is 10.1 Å². The highest BCUT2D eigenvalue weighted by Crippen LogP contribution is 2.26. The Balaban J connectivity index is 3.59. The van der Waals surface area contributed by atoms with E-state index in [-0.39, 0.29) is 0 Å². The number of hydrogen-bond acceptors (Lipinski definition) is 7. The van der Waals surface area contributed by atoms with Crippen LogP contribution in [0.5, 0.6) is 0 Å². The Bertz CT molecular complexity index is 772. The van der Waals surface area contributed by atoms with Gasteiger partial charge in [0.2, 0.25) is 10.0 Å². The summed E-state index contributed by atoms with van der Waals surface area (Å²) in [6, 6.07) is 1.86. The highest BCUT2D eigenvalue weighted by atomic mass is 32.2. The smallest absolute Gasteiger partial charge is 0.339 e. The Hall–Kier alpha value is -2.53. The summed E-state index contributed by atoms with van der Waals surface area (Å²) in [6.45, 7) is 2.10. The Kier molecular flexibility index (Phi) is 5.99. The van der Waals surface area contributed by atoms with E-state index in [4.69, 9.17) is 5.11 Å². The third kappa shape index (κ3) is 4.06. The largest absolute Gasteiger partial charge is 0.480 e. The van der Waals surface area contributed by atoms with Gasteiger partial charge < -0.3 is 9.84 Å². The maximum atomic E-state index is 12.7. The molecular formula is C13H16N2O8S. The molecular weight excluding hydrogens is 344 g/mol. The molecule has 11 heteroatoms. The van der Waals surface area contributed by atoms with Gasteiger partial charge in [0.1, 0.15) is 6.54 Å². The minimum atomic E-state index is -4.39. The number of aliphatic carboxylic acids is 1. The van der Waals surface area contributed by atoms with Gasteiger partial charge in [-0.05, 0) is 19.9 Å². The molecule has 0 saturated heterocycles. The van der Waals surface area contributed by atoms with Gasteiger partial charge in [0, 0.05) is 18.2 Å². The summed E-state index contributed by atoms with van der Waals surface area (Å²) < 4.78 is 30.6. The second-order valence-corrected chi connectivity index (χ2v) is 6.83. The number of carbonyl (C=O) groups is 2. The fraction of sp³-hybridized carbons (Fsp3) is 0.385. The summed E-state index contributed by atoms with van der Waals surface area (Å²) in [4.78, 5) is 32.2. The number of nitro groups is 1. The number of nitro benzene ring substituents is 1. The minimum Gasteiger partial charge on any atom is -0.480 e. The molecule has 0 spiro atoms. The second-order valence-electron chi connectivity index (χ2n) is 4.97. The zero-order chi connectivity index (χ0) is 18.7. The molecule has 0 fully saturated rings. The lowest BCUT2D eigenvalue weighted by atomic mass is 10.2. The maximum Gasteiger partial charge on any atom is 0.339 e. The summed E-state index contributed by atoms with van der Waals surface area (Å²) in [5.74, 6) is -2.47. The molecule has 0 amide bonds. The van der Waals surface area contributed by atoms with E-state index in [1.165, 1.54) is 13.8 Å². The molecule has 0 bridgehead atoms. The lowest BCUT2D eigenvalue weighted by Crippen LogP contribution is -2.41. The summed E-state index contributed by atoms with van der Waals surface area (Å²) in [5.41, 5.74) is -1.04. The monoisotopic (exact) mass is 360 g/mol. The third-order valence-electron chi connectivity index (χ3n) is 3.03. The van der Waals surface area contributed by atoms with Gasteiger partial charge in [0.05, 0.1) is 22.5 Å². The van der Waals surface area contributed by atoms with Crippen molar-refractivity contribution >= 4 is 27.6 Å². The number of non-ortho nitro benzene ring substituents is 1. The van der Waals surface area contributed by atoms with Crippen LogP contribution in [0.15, 0.2) is 23.1 Å². The number of hydrogen-bond donors (Lipinski definition) is 1. The SMILES string of the molecule is COC(=O)c1cc([N+](=O)[O-])ccc1S(=O)(=O)N(CC(=O)O)C(C)C. The number of esters is 1. The number of benzene rings is 1. The lowest BCUT2D eigenvalue weighted by molar-refractivity contribution is -0.384. The molecule has 0 radical (unpaired) electrons. The molecule has 0 aliphatic heterocycles. The number of carboxylic acid groups (broad SMARTS) is 1. The second kappa shape index (κ2) is 7.36. The van der Waals surface area contributed by atoms with Crippen LogP contribution in [-0.4, -0.2) is 54.4 Å². The highest BCUT2D eigenvalue weighted by Gasteiger charge is 2.33. The molecule has 0 unspecified atom stereocenters. The zero-order valence-corrected chi connectivity index (χ0v) is 13.9. The molecule has 0 aromatic heterocycles.